The summed E-state index contributed by atoms with van der Waals surface area (Å²) in [5.41, 5.74) is 2.47. The van der Waals surface area contributed by atoms with Gasteiger partial charge in [-0.3, -0.25) is 4.79 Å². The van der Waals surface area contributed by atoms with Crippen LogP contribution in [0.2, 0.25) is 0 Å². The summed E-state index contributed by atoms with van der Waals surface area (Å²) in [5.74, 6) is 0.241. The van der Waals surface area contributed by atoms with E-state index in [0.717, 1.165) is 80.1 Å². The Labute approximate surface area is 211 Å². The monoisotopic (exact) mass is 501 g/mol. The van der Waals surface area contributed by atoms with Crippen molar-refractivity contribution >= 4 is 45.9 Å². The molecule has 0 saturated carbocycles. The lowest BCUT2D eigenvalue weighted by Gasteiger charge is -2.33. The second kappa shape index (κ2) is 12.5. The number of amides is 1. The van der Waals surface area contributed by atoms with Gasteiger partial charge in [-0.05, 0) is 62.9 Å². The van der Waals surface area contributed by atoms with E-state index in [-0.39, 0.29) is 5.91 Å². The Balaban J connectivity index is 1.30. The number of hydrogen-bond acceptors (Lipinski definition) is 6. The first-order valence-corrected chi connectivity index (χ1v) is 13.6. The first-order chi connectivity index (χ1) is 16.7. The molecule has 2 aromatic rings. The molecule has 184 valence electrons. The van der Waals surface area contributed by atoms with E-state index < -0.39 is 0 Å². The fourth-order valence-corrected chi connectivity index (χ4v) is 5.86. The van der Waals surface area contributed by atoms with E-state index in [1.807, 2.05) is 23.6 Å². The minimum absolute atomic E-state index is 0.133. The second-order valence-corrected chi connectivity index (χ2v) is 10.2. The highest BCUT2D eigenvalue weighted by Crippen LogP contribution is 2.32. The van der Waals surface area contributed by atoms with Crippen LogP contribution >= 0.6 is 23.6 Å². The van der Waals surface area contributed by atoms with Crippen LogP contribution in [0.3, 0.4) is 0 Å². The molecule has 0 unspecified atom stereocenters. The molecule has 2 N–H and O–H groups in total. The van der Waals surface area contributed by atoms with E-state index in [1.54, 1.807) is 18.4 Å². The summed E-state index contributed by atoms with van der Waals surface area (Å²) in [5, 5.41) is 10.2. The van der Waals surface area contributed by atoms with Gasteiger partial charge in [0, 0.05) is 57.7 Å². The Morgan fingerprint density at radius 2 is 1.94 bits per heavy atom. The van der Waals surface area contributed by atoms with Crippen LogP contribution in [0.25, 0.3) is 0 Å². The number of rotatable bonds is 8. The van der Waals surface area contributed by atoms with E-state index >= 15 is 0 Å². The molecule has 0 radical (unpaired) electrons. The van der Waals surface area contributed by atoms with Gasteiger partial charge in [0.15, 0.2) is 5.11 Å². The highest BCUT2D eigenvalue weighted by molar-refractivity contribution is 7.80. The molecule has 7 nitrogen and oxygen atoms in total. The number of hydrogen-bond donors (Lipinski definition) is 2. The van der Waals surface area contributed by atoms with Gasteiger partial charge in [-0.1, -0.05) is 12.1 Å². The summed E-state index contributed by atoms with van der Waals surface area (Å²) in [6.07, 6.45) is 6.61. The zero-order valence-corrected chi connectivity index (χ0v) is 21.6. The zero-order valence-electron chi connectivity index (χ0n) is 19.9. The fraction of sp³-hybridized carbons (Fsp3) is 0.560. The van der Waals surface area contributed by atoms with Crippen molar-refractivity contribution in [3.05, 3.63) is 40.3 Å². The van der Waals surface area contributed by atoms with E-state index in [0.29, 0.717) is 11.6 Å². The Kier molecular flexibility index (Phi) is 9.12. The summed E-state index contributed by atoms with van der Waals surface area (Å²) < 4.78 is 5.08. The van der Waals surface area contributed by atoms with Crippen molar-refractivity contribution in [1.82, 2.24) is 15.2 Å². The van der Waals surface area contributed by atoms with Crippen molar-refractivity contribution < 1.29 is 9.53 Å². The summed E-state index contributed by atoms with van der Waals surface area (Å²) in [6.45, 7) is 5.47. The smallest absolute Gasteiger partial charge is 0.275 e. The van der Waals surface area contributed by atoms with Gasteiger partial charge in [0.1, 0.15) is 5.69 Å². The number of likely N-dealkylation sites (tertiary alicyclic amines) is 1. The van der Waals surface area contributed by atoms with Gasteiger partial charge in [-0.15, -0.1) is 11.3 Å². The first-order valence-electron chi connectivity index (χ1n) is 12.3. The molecule has 2 saturated heterocycles. The Morgan fingerprint density at radius 1 is 1.18 bits per heavy atom. The standard InChI is InChI=1S/C25H35N5O2S2/c1-32-17-7-12-26-25(33)30-15-10-19(11-16-30)24-28-21(18-34-24)23(31)27-20-8-3-4-9-22(20)29-13-5-2-6-14-29/h3-4,8-9,18-19H,2,5-7,10-17H2,1H3,(H,26,33)(H,27,31). The lowest BCUT2D eigenvalue weighted by molar-refractivity contribution is 0.102. The second-order valence-electron chi connectivity index (χ2n) is 8.93. The predicted octanol–water partition coefficient (Wildman–Crippen LogP) is 4.48. The van der Waals surface area contributed by atoms with Crippen LogP contribution < -0.4 is 15.5 Å². The number of methoxy groups -OCH3 is 1. The maximum absolute atomic E-state index is 13.0. The van der Waals surface area contributed by atoms with E-state index in [2.05, 4.69) is 26.5 Å². The molecule has 1 amide bonds. The molecule has 0 atom stereocenters. The third-order valence-electron chi connectivity index (χ3n) is 6.54. The molecule has 0 aliphatic carbocycles. The zero-order chi connectivity index (χ0) is 23.8. The van der Waals surface area contributed by atoms with E-state index in [1.165, 1.54) is 19.3 Å². The quantitative estimate of drug-likeness (QED) is 0.408. The average molecular weight is 502 g/mol. The Hall–Kier alpha value is -2.23. The van der Waals surface area contributed by atoms with Gasteiger partial charge in [0.25, 0.3) is 5.91 Å². The molecular formula is C25H35N5O2S2. The van der Waals surface area contributed by atoms with Crippen LogP contribution in [-0.2, 0) is 4.74 Å². The Bertz CT molecular complexity index is 952. The third kappa shape index (κ3) is 6.46. The normalized spacial score (nSPS) is 17.0. The van der Waals surface area contributed by atoms with Gasteiger partial charge in [0.05, 0.1) is 16.4 Å². The molecule has 2 aliphatic heterocycles. The molecule has 0 bridgehead atoms. The van der Waals surface area contributed by atoms with Gasteiger partial charge >= 0.3 is 0 Å². The molecule has 4 rings (SSSR count). The van der Waals surface area contributed by atoms with Crippen LogP contribution in [0.1, 0.15) is 59.9 Å². The molecule has 2 fully saturated rings. The SMILES string of the molecule is COCCCNC(=S)N1CCC(c2nc(C(=O)Nc3ccccc3N3CCCCC3)cs2)CC1. The fourth-order valence-electron chi connectivity index (χ4n) is 4.61. The number of thiazole rings is 1. The van der Waals surface area contributed by atoms with Gasteiger partial charge in [-0.25, -0.2) is 4.98 Å². The van der Waals surface area contributed by atoms with Crippen molar-refractivity contribution in [1.29, 1.82) is 0 Å². The van der Waals surface area contributed by atoms with Crippen LogP contribution in [0, 0.1) is 0 Å². The minimum Gasteiger partial charge on any atom is -0.385 e. The molecule has 3 heterocycles. The molecule has 1 aromatic heterocycles. The molecule has 0 spiro atoms. The largest absolute Gasteiger partial charge is 0.385 e. The number of carbonyl (C=O) groups is 1. The number of piperidine rings is 2. The molecule has 2 aliphatic rings. The van der Waals surface area contributed by atoms with Crippen LogP contribution in [0.5, 0.6) is 0 Å². The summed E-state index contributed by atoms with van der Waals surface area (Å²) >= 11 is 7.13. The lowest BCUT2D eigenvalue weighted by Crippen LogP contribution is -2.44. The van der Waals surface area contributed by atoms with Crippen LogP contribution in [-0.4, -0.2) is 67.3 Å². The van der Waals surface area contributed by atoms with Crippen molar-refractivity contribution in [2.45, 2.75) is 44.4 Å². The Morgan fingerprint density at radius 3 is 2.71 bits per heavy atom. The highest BCUT2D eigenvalue weighted by Gasteiger charge is 2.25. The minimum atomic E-state index is -0.133. The molecule has 1 aromatic carbocycles. The van der Waals surface area contributed by atoms with Gasteiger partial charge in [0.2, 0.25) is 0 Å². The van der Waals surface area contributed by atoms with Crippen LogP contribution in [0.4, 0.5) is 11.4 Å². The number of benzene rings is 1. The summed E-state index contributed by atoms with van der Waals surface area (Å²) in [6, 6.07) is 8.09. The third-order valence-corrected chi connectivity index (χ3v) is 7.95. The maximum atomic E-state index is 13.0. The maximum Gasteiger partial charge on any atom is 0.275 e. The topological polar surface area (TPSA) is 69.7 Å². The van der Waals surface area contributed by atoms with Crippen molar-refractivity contribution in [3.8, 4) is 0 Å². The number of nitrogens with one attached hydrogen (secondary N) is 2. The van der Waals surface area contributed by atoms with Crippen molar-refractivity contribution in [2.24, 2.45) is 0 Å². The van der Waals surface area contributed by atoms with Crippen LogP contribution in [0.15, 0.2) is 29.6 Å². The number of ether oxygens (including phenoxy) is 1. The first kappa shape index (κ1) is 24.9. The number of anilines is 2. The summed E-state index contributed by atoms with van der Waals surface area (Å²) in [7, 11) is 1.71. The van der Waals surface area contributed by atoms with Gasteiger partial charge < -0.3 is 25.2 Å². The van der Waals surface area contributed by atoms with E-state index in [9.17, 15) is 4.79 Å². The number of aromatic nitrogens is 1. The molecular weight excluding hydrogens is 466 g/mol. The van der Waals surface area contributed by atoms with Crippen molar-refractivity contribution in [3.63, 3.8) is 0 Å². The number of para-hydroxylation sites is 2. The molecule has 34 heavy (non-hydrogen) atoms. The number of nitrogens with zero attached hydrogens (tertiary/aromatic N) is 3. The van der Waals surface area contributed by atoms with E-state index in [4.69, 9.17) is 21.9 Å². The van der Waals surface area contributed by atoms with Gasteiger partial charge in [-0.2, -0.15) is 0 Å². The average Bonchev–Trinajstić information content (AvgIpc) is 3.38. The highest BCUT2D eigenvalue weighted by atomic mass is 32.1. The molecule has 9 heteroatoms. The summed E-state index contributed by atoms with van der Waals surface area (Å²) in [4.78, 5) is 22.3. The lowest BCUT2D eigenvalue weighted by atomic mass is 9.98. The predicted molar refractivity (Wildman–Crippen MR) is 143 cm³/mol. The number of carbonyl (C=O) groups excluding carboxylic acids is 1. The number of thiocarbonyl (C=S) groups is 1. The van der Waals surface area contributed by atoms with Crippen molar-refractivity contribution in [2.75, 3.05) is 56.7 Å².